The zero-order valence-corrected chi connectivity index (χ0v) is 17.3. The van der Waals surface area contributed by atoms with Gasteiger partial charge >= 0.3 is 0 Å². The second-order valence-electron chi connectivity index (χ2n) is 6.81. The Bertz CT molecular complexity index is 953. The highest BCUT2D eigenvalue weighted by molar-refractivity contribution is 6.46. The summed E-state index contributed by atoms with van der Waals surface area (Å²) in [5.41, 5.74) is 1.09. The SMILES string of the molecule is COCCCN1C(=O)C(=O)C(=C(O)c2ccccc2)[C@H]1c1ccc(OC)cc1OC. The Labute approximate surface area is 175 Å². The van der Waals surface area contributed by atoms with Gasteiger partial charge in [0.15, 0.2) is 0 Å². The van der Waals surface area contributed by atoms with Crippen LogP contribution in [0.3, 0.4) is 0 Å². The number of aliphatic hydroxyl groups excluding tert-OH is 1. The number of likely N-dealkylation sites (tertiary alicyclic amines) is 1. The molecule has 0 aromatic heterocycles. The minimum Gasteiger partial charge on any atom is -0.507 e. The molecule has 0 unspecified atom stereocenters. The third-order valence-corrected chi connectivity index (χ3v) is 5.07. The third kappa shape index (κ3) is 4.02. The number of carbonyl (C=O) groups is 2. The van der Waals surface area contributed by atoms with E-state index in [0.29, 0.717) is 42.2 Å². The average Bonchev–Trinajstić information content (AvgIpc) is 3.03. The van der Waals surface area contributed by atoms with Gasteiger partial charge in [-0.2, -0.15) is 0 Å². The molecule has 3 rings (SSSR count). The third-order valence-electron chi connectivity index (χ3n) is 5.07. The highest BCUT2D eigenvalue weighted by Crippen LogP contribution is 2.43. The Hall–Kier alpha value is -3.32. The minimum absolute atomic E-state index is 0.0343. The highest BCUT2D eigenvalue weighted by Gasteiger charge is 2.46. The van der Waals surface area contributed by atoms with E-state index in [0.717, 1.165) is 0 Å². The summed E-state index contributed by atoms with van der Waals surface area (Å²) in [7, 11) is 4.63. The van der Waals surface area contributed by atoms with Crippen molar-refractivity contribution in [1.29, 1.82) is 0 Å². The van der Waals surface area contributed by atoms with E-state index in [4.69, 9.17) is 14.2 Å². The smallest absolute Gasteiger partial charge is 0.295 e. The first-order valence-corrected chi connectivity index (χ1v) is 9.58. The van der Waals surface area contributed by atoms with Crippen molar-refractivity contribution < 1.29 is 28.9 Å². The van der Waals surface area contributed by atoms with Gasteiger partial charge in [0.2, 0.25) is 0 Å². The summed E-state index contributed by atoms with van der Waals surface area (Å²) in [6, 6.07) is 13.1. The summed E-state index contributed by atoms with van der Waals surface area (Å²) in [5.74, 6) is -0.568. The van der Waals surface area contributed by atoms with Gasteiger partial charge in [-0.25, -0.2) is 0 Å². The van der Waals surface area contributed by atoms with Crippen molar-refractivity contribution in [2.75, 3.05) is 34.5 Å². The van der Waals surface area contributed by atoms with Crippen LogP contribution in [0.2, 0.25) is 0 Å². The largest absolute Gasteiger partial charge is 0.507 e. The van der Waals surface area contributed by atoms with Gasteiger partial charge in [-0.05, 0) is 18.6 Å². The number of methoxy groups -OCH3 is 3. The number of rotatable bonds is 8. The van der Waals surface area contributed by atoms with Crippen LogP contribution >= 0.6 is 0 Å². The normalized spacial score (nSPS) is 18.0. The fourth-order valence-corrected chi connectivity index (χ4v) is 3.61. The lowest BCUT2D eigenvalue weighted by Gasteiger charge is -2.26. The van der Waals surface area contributed by atoms with Crippen molar-refractivity contribution in [2.24, 2.45) is 0 Å². The van der Waals surface area contributed by atoms with E-state index in [2.05, 4.69) is 0 Å². The Balaban J connectivity index is 2.18. The van der Waals surface area contributed by atoms with Gasteiger partial charge in [0.05, 0.1) is 25.8 Å². The maximum atomic E-state index is 13.0. The number of aliphatic hydroxyl groups is 1. The number of ether oxygens (including phenoxy) is 3. The molecule has 0 saturated carbocycles. The van der Waals surface area contributed by atoms with Crippen LogP contribution in [0.1, 0.15) is 23.6 Å². The predicted molar refractivity (Wildman–Crippen MR) is 111 cm³/mol. The highest BCUT2D eigenvalue weighted by atomic mass is 16.5. The summed E-state index contributed by atoms with van der Waals surface area (Å²) in [4.78, 5) is 27.3. The van der Waals surface area contributed by atoms with Crippen LogP contribution in [-0.2, 0) is 14.3 Å². The standard InChI is InChI=1S/C23H25NO6/c1-28-13-7-12-24-20(17-11-10-16(29-2)14-18(17)30-3)19(22(26)23(24)27)21(25)15-8-5-4-6-9-15/h4-6,8-11,14,20,25H,7,12-13H2,1-3H3/t20-/m1/s1. The van der Waals surface area contributed by atoms with Crippen LogP contribution in [0.5, 0.6) is 11.5 Å². The molecule has 7 heteroatoms. The van der Waals surface area contributed by atoms with Crippen molar-refractivity contribution in [2.45, 2.75) is 12.5 Å². The molecule has 0 spiro atoms. The minimum atomic E-state index is -0.789. The van der Waals surface area contributed by atoms with Gasteiger partial charge in [0.1, 0.15) is 17.3 Å². The number of nitrogens with zero attached hydrogens (tertiary/aromatic N) is 1. The van der Waals surface area contributed by atoms with E-state index in [1.54, 1.807) is 56.7 Å². The molecule has 1 amide bonds. The first kappa shape index (κ1) is 21.4. The zero-order chi connectivity index (χ0) is 21.7. The van der Waals surface area contributed by atoms with Crippen molar-refractivity contribution >= 4 is 17.4 Å². The molecule has 7 nitrogen and oxygen atoms in total. The van der Waals surface area contributed by atoms with Crippen LogP contribution in [-0.4, -0.2) is 56.2 Å². The van der Waals surface area contributed by atoms with Crippen molar-refractivity contribution in [3.63, 3.8) is 0 Å². The van der Waals surface area contributed by atoms with Crippen molar-refractivity contribution in [3.8, 4) is 11.5 Å². The molecule has 1 fully saturated rings. The van der Waals surface area contributed by atoms with Gasteiger partial charge in [0.25, 0.3) is 11.7 Å². The van der Waals surface area contributed by atoms with Crippen LogP contribution in [0.15, 0.2) is 54.1 Å². The maximum absolute atomic E-state index is 13.0. The molecule has 0 bridgehead atoms. The second-order valence-corrected chi connectivity index (χ2v) is 6.81. The Morgan fingerprint density at radius 2 is 1.77 bits per heavy atom. The number of carbonyl (C=O) groups excluding carboxylic acids is 2. The monoisotopic (exact) mass is 411 g/mol. The van der Waals surface area contributed by atoms with E-state index in [-0.39, 0.29) is 11.3 Å². The summed E-state index contributed by atoms with van der Waals surface area (Å²) in [5, 5.41) is 11.0. The van der Waals surface area contributed by atoms with Gasteiger partial charge in [0, 0.05) is 37.5 Å². The lowest BCUT2D eigenvalue weighted by molar-refractivity contribution is -0.140. The molecule has 1 aliphatic heterocycles. The summed E-state index contributed by atoms with van der Waals surface area (Å²) < 4.78 is 15.9. The number of hydrogen-bond donors (Lipinski definition) is 1. The number of hydrogen-bond acceptors (Lipinski definition) is 6. The predicted octanol–water partition coefficient (Wildman–Crippen LogP) is 3.16. The van der Waals surface area contributed by atoms with E-state index < -0.39 is 17.7 Å². The van der Waals surface area contributed by atoms with Crippen LogP contribution in [0.4, 0.5) is 0 Å². The molecule has 1 N–H and O–H groups in total. The Morgan fingerprint density at radius 3 is 2.40 bits per heavy atom. The topological polar surface area (TPSA) is 85.3 Å². The second kappa shape index (κ2) is 9.45. The van der Waals surface area contributed by atoms with Crippen molar-refractivity contribution in [3.05, 3.63) is 65.2 Å². The average molecular weight is 411 g/mol. The molecule has 0 aliphatic carbocycles. The first-order valence-electron chi connectivity index (χ1n) is 9.58. The first-order chi connectivity index (χ1) is 14.5. The Kier molecular flexibility index (Phi) is 6.74. The molecule has 1 aliphatic rings. The van der Waals surface area contributed by atoms with E-state index >= 15 is 0 Å². The molecule has 30 heavy (non-hydrogen) atoms. The molecule has 2 aromatic carbocycles. The fraction of sp³-hybridized carbons (Fsp3) is 0.304. The number of benzene rings is 2. The molecule has 1 atom stereocenters. The fourth-order valence-electron chi connectivity index (χ4n) is 3.61. The summed E-state index contributed by atoms with van der Waals surface area (Å²) in [6.45, 7) is 0.734. The van der Waals surface area contributed by atoms with Gasteiger partial charge in [-0.15, -0.1) is 0 Å². The van der Waals surface area contributed by atoms with Gasteiger partial charge < -0.3 is 24.2 Å². The lowest BCUT2D eigenvalue weighted by Crippen LogP contribution is -2.31. The number of amides is 1. The number of Topliss-reactive ketones (excluding diaryl/α,β-unsaturated/α-hetero) is 1. The molecular weight excluding hydrogens is 386 g/mol. The molecule has 2 aromatic rings. The number of ketones is 1. The molecular formula is C23H25NO6. The van der Waals surface area contributed by atoms with Crippen LogP contribution < -0.4 is 9.47 Å². The molecule has 0 radical (unpaired) electrons. The van der Waals surface area contributed by atoms with Gasteiger partial charge in [-0.3, -0.25) is 9.59 Å². The zero-order valence-electron chi connectivity index (χ0n) is 17.3. The van der Waals surface area contributed by atoms with Crippen molar-refractivity contribution in [1.82, 2.24) is 4.90 Å². The molecule has 1 saturated heterocycles. The van der Waals surface area contributed by atoms with E-state index in [1.807, 2.05) is 6.07 Å². The van der Waals surface area contributed by atoms with Gasteiger partial charge in [-0.1, -0.05) is 30.3 Å². The Morgan fingerprint density at radius 1 is 1.03 bits per heavy atom. The maximum Gasteiger partial charge on any atom is 0.295 e. The molecule has 1 heterocycles. The van der Waals surface area contributed by atoms with Crippen LogP contribution in [0.25, 0.3) is 5.76 Å². The summed E-state index contributed by atoms with van der Waals surface area (Å²) >= 11 is 0. The lowest BCUT2D eigenvalue weighted by atomic mass is 9.94. The summed E-state index contributed by atoms with van der Waals surface area (Å²) in [6.07, 6.45) is 0.546. The quantitative estimate of drug-likeness (QED) is 0.311. The molecule has 158 valence electrons. The van der Waals surface area contributed by atoms with E-state index in [1.165, 1.54) is 12.0 Å². The van der Waals surface area contributed by atoms with Crippen LogP contribution in [0, 0.1) is 0 Å². The van der Waals surface area contributed by atoms with E-state index in [9.17, 15) is 14.7 Å².